The van der Waals surface area contributed by atoms with Crippen molar-refractivity contribution in [1.29, 1.82) is 0 Å². The number of hydrogen-bond acceptors (Lipinski definition) is 2. The maximum absolute atomic E-state index is 11.3. The topological polar surface area (TPSA) is 26.3 Å². The number of ketones is 1. The zero-order valence-corrected chi connectivity index (χ0v) is 13.0. The summed E-state index contributed by atoms with van der Waals surface area (Å²) < 4.78 is 6.48. The van der Waals surface area contributed by atoms with Gasteiger partial charge in [-0.1, -0.05) is 30.3 Å². The lowest BCUT2D eigenvalue weighted by Gasteiger charge is -2.08. The highest BCUT2D eigenvalue weighted by Gasteiger charge is 2.06. The molecule has 0 heterocycles. The SMILES string of the molecule is CC(=O)c1ccc(OCCCc2ccccc2)cc1Br. The lowest BCUT2D eigenvalue weighted by atomic mass is 10.1. The Balaban J connectivity index is 1.83. The van der Waals surface area contributed by atoms with Crippen molar-refractivity contribution in [3.05, 3.63) is 64.1 Å². The Morgan fingerprint density at radius 3 is 2.55 bits per heavy atom. The van der Waals surface area contributed by atoms with Gasteiger partial charge in [0.25, 0.3) is 0 Å². The molecule has 0 aliphatic heterocycles. The summed E-state index contributed by atoms with van der Waals surface area (Å²) in [6.07, 6.45) is 1.98. The number of rotatable bonds is 6. The fourth-order valence-electron chi connectivity index (χ4n) is 1.98. The van der Waals surface area contributed by atoms with E-state index in [9.17, 15) is 4.79 Å². The molecule has 0 saturated carbocycles. The third-order valence-electron chi connectivity index (χ3n) is 3.04. The van der Waals surface area contributed by atoms with Crippen LogP contribution in [0, 0.1) is 0 Å². The van der Waals surface area contributed by atoms with Crippen LogP contribution < -0.4 is 4.74 Å². The molecule has 0 amide bonds. The molecule has 0 spiro atoms. The van der Waals surface area contributed by atoms with Crippen LogP contribution >= 0.6 is 15.9 Å². The average molecular weight is 333 g/mol. The van der Waals surface area contributed by atoms with Crippen LogP contribution in [0.4, 0.5) is 0 Å². The number of carbonyl (C=O) groups excluding carboxylic acids is 1. The normalized spacial score (nSPS) is 10.3. The second kappa shape index (κ2) is 7.25. The van der Waals surface area contributed by atoms with E-state index in [0.717, 1.165) is 23.1 Å². The van der Waals surface area contributed by atoms with Crippen molar-refractivity contribution in [2.45, 2.75) is 19.8 Å². The van der Waals surface area contributed by atoms with Crippen LogP contribution in [-0.2, 0) is 6.42 Å². The molecule has 0 radical (unpaired) electrons. The van der Waals surface area contributed by atoms with Crippen LogP contribution in [0.1, 0.15) is 29.3 Å². The van der Waals surface area contributed by atoms with Crippen molar-refractivity contribution in [1.82, 2.24) is 0 Å². The molecule has 0 aliphatic carbocycles. The first-order valence-electron chi connectivity index (χ1n) is 6.64. The van der Waals surface area contributed by atoms with Crippen LogP contribution in [0.3, 0.4) is 0 Å². The summed E-state index contributed by atoms with van der Waals surface area (Å²) in [6, 6.07) is 15.8. The van der Waals surface area contributed by atoms with E-state index in [4.69, 9.17) is 4.74 Å². The predicted octanol–water partition coefficient (Wildman–Crippen LogP) is 4.66. The maximum Gasteiger partial charge on any atom is 0.160 e. The molecule has 0 unspecified atom stereocenters. The van der Waals surface area contributed by atoms with Crippen molar-refractivity contribution in [3.8, 4) is 5.75 Å². The van der Waals surface area contributed by atoms with Gasteiger partial charge in [-0.2, -0.15) is 0 Å². The Bertz CT molecular complexity index is 579. The van der Waals surface area contributed by atoms with Gasteiger partial charge in [-0.15, -0.1) is 0 Å². The second-order valence-corrected chi connectivity index (χ2v) is 5.49. The molecule has 2 aromatic rings. The molecule has 0 fully saturated rings. The fourth-order valence-corrected chi connectivity index (χ4v) is 2.62. The molecule has 2 nitrogen and oxygen atoms in total. The summed E-state index contributed by atoms with van der Waals surface area (Å²) in [4.78, 5) is 11.3. The van der Waals surface area contributed by atoms with Gasteiger partial charge in [-0.3, -0.25) is 4.79 Å². The van der Waals surface area contributed by atoms with Gasteiger partial charge in [-0.05, 0) is 59.5 Å². The Labute approximate surface area is 127 Å². The molecule has 3 heteroatoms. The van der Waals surface area contributed by atoms with Gasteiger partial charge in [0.15, 0.2) is 5.78 Å². The highest BCUT2D eigenvalue weighted by molar-refractivity contribution is 9.10. The number of halogens is 1. The first-order chi connectivity index (χ1) is 9.66. The molecular weight excluding hydrogens is 316 g/mol. The fraction of sp³-hybridized carbons (Fsp3) is 0.235. The van der Waals surface area contributed by atoms with Gasteiger partial charge in [0.05, 0.1) is 6.61 Å². The summed E-state index contributed by atoms with van der Waals surface area (Å²) in [7, 11) is 0. The van der Waals surface area contributed by atoms with Crippen molar-refractivity contribution < 1.29 is 9.53 Å². The Kier molecular flexibility index (Phi) is 5.36. The Morgan fingerprint density at radius 1 is 1.15 bits per heavy atom. The third-order valence-corrected chi connectivity index (χ3v) is 3.70. The molecule has 0 N–H and O–H groups in total. The standard InChI is InChI=1S/C17H17BrO2/c1-13(19)16-10-9-15(12-17(16)18)20-11-5-8-14-6-3-2-4-7-14/h2-4,6-7,9-10,12H,5,8,11H2,1H3. The third kappa shape index (κ3) is 4.20. The van der Waals surface area contributed by atoms with Gasteiger partial charge in [0.1, 0.15) is 5.75 Å². The quantitative estimate of drug-likeness (QED) is 0.567. The van der Waals surface area contributed by atoms with Crippen molar-refractivity contribution >= 4 is 21.7 Å². The van der Waals surface area contributed by atoms with Crippen molar-refractivity contribution in [2.24, 2.45) is 0 Å². The molecule has 0 aliphatic rings. The van der Waals surface area contributed by atoms with Crippen LogP contribution in [0.5, 0.6) is 5.75 Å². The summed E-state index contributed by atoms with van der Waals surface area (Å²) in [5, 5.41) is 0. The highest BCUT2D eigenvalue weighted by Crippen LogP contribution is 2.23. The van der Waals surface area contributed by atoms with Crippen molar-refractivity contribution in [2.75, 3.05) is 6.61 Å². The average Bonchev–Trinajstić information content (AvgIpc) is 2.44. The first kappa shape index (κ1) is 14.8. The van der Waals surface area contributed by atoms with Gasteiger partial charge >= 0.3 is 0 Å². The monoisotopic (exact) mass is 332 g/mol. The van der Waals surface area contributed by atoms with E-state index >= 15 is 0 Å². The number of carbonyl (C=O) groups is 1. The molecule has 2 aromatic carbocycles. The van der Waals surface area contributed by atoms with Gasteiger partial charge in [0, 0.05) is 10.0 Å². The van der Waals surface area contributed by atoms with E-state index in [1.165, 1.54) is 5.56 Å². The van der Waals surface area contributed by atoms with Gasteiger partial charge in [0.2, 0.25) is 0 Å². The summed E-state index contributed by atoms with van der Waals surface area (Å²) in [6.45, 7) is 2.22. The van der Waals surface area contributed by atoms with Crippen molar-refractivity contribution in [3.63, 3.8) is 0 Å². The zero-order valence-electron chi connectivity index (χ0n) is 11.4. The molecule has 0 aromatic heterocycles. The minimum absolute atomic E-state index is 0.0486. The highest BCUT2D eigenvalue weighted by atomic mass is 79.9. The summed E-state index contributed by atoms with van der Waals surface area (Å²) in [5.41, 5.74) is 2.01. The van der Waals surface area contributed by atoms with Crippen LogP contribution in [-0.4, -0.2) is 12.4 Å². The van der Waals surface area contributed by atoms with Gasteiger partial charge < -0.3 is 4.74 Å². The van der Waals surface area contributed by atoms with E-state index in [1.54, 1.807) is 13.0 Å². The van der Waals surface area contributed by atoms with Crippen LogP contribution in [0.15, 0.2) is 53.0 Å². The molecule has 20 heavy (non-hydrogen) atoms. The minimum Gasteiger partial charge on any atom is -0.494 e. The largest absolute Gasteiger partial charge is 0.494 e. The summed E-state index contributed by atoms with van der Waals surface area (Å²) in [5.74, 6) is 0.836. The Hall–Kier alpha value is -1.61. The number of hydrogen-bond donors (Lipinski definition) is 0. The van der Waals surface area contributed by atoms with E-state index in [-0.39, 0.29) is 5.78 Å². The minimum atomic E-state index is 0.0486. The second-order valence-electron chi connectivity index (χ2n) is 4.64. The molecule has 2 rings (SSSR count). The smallest absolute Gasteiger partial charge is 0.160 e. The summed E-state index contributed by atoms with van der Waals surface area (Å²) >= 11 is 3.39. The van der Waals surface area contributed by atoms with Crippen LogP contribution in [0.2, 0.25) is 0 Å². The maximum atomic E-state index is 11.3. The van der Waals surface area contributed by atoms with Gasteiger partial charge in [-0.25, -0.2) is 0 Å². The molecule has 104 valence electrons. The molecule has 0 saturated heterocycles. The molecular formula is C17H17BrO2. The van der Waals surface area contributed by atoms with E-state index < -0.39 is 0 Å². The van der Waals surface area contributed by atoms with Crippen LogP contribution in [0.25, 0.3) is 0 Å². The first-order valence-corrected chi connectivity index (χ1v) is 7.43. The predicted molar refractivity (Wildman–Crippen MR) is 84.4 cm³/mol. The lowest BCUT2D eigenvalue weighted by Crippen LogP contribution is -2.00. The van der Waals surface area contributed by atoms with E-state index in [2.05, 4.69) is 28.1 Å². The molecule has 0 atom stereocenters. The number of aryl methyl sites for hydroxylation is 1. The Morgan fingerprint density at radius 2 is 1.90 bits per heavy atom. The number of ether oxygens (including phenoxy) is 1. The van der Waals surface area contributed by atoms with E-state index in [1.807, 2.05) is 30.3 Å². The number of Topliss-reactive ketones (excluding diaryl/α,β-unsaturated/α-hetero) is 1. The molecule has 0 bridgehead atoms. The number of benzene rings is 2. The lowest BCUT2D eigenvalue weighted by molar-refractivity contribution is 0.101. The van der Waals surface area contributed by atoms with E-state index in [0.29, 0.717) is 12.2 Å². The zero-order chi connectivity index (χ0) is 14.4.